The Morgan fingerprint density at radius 2 is 1.77 bits per heavy atom. The van der Waals surface area contributed by atoms with E-state index in [-0.39, 0.29) is 11.3 Å². The number of nitrogens with zero attached hydrogens (tertiary/aromatic N) is 1. The van der Waals surface area contributed by atoms with Gasteiger partial charge in [0.15, 0.2) is 0 Å². The minimum atomic E-state index is -0.108. The summed E-state index contributed by atoms with van der Waals surface area (Å²) >= 11 is 3.66. The maximum absolute atomic E-state index is 4.98. The zero-order chi connectivity index (χ0) is 17.7. The fourth-order valence-corrected chi connectivity index (χ4v) is 4.85. The second kappa shape index (κ2) is 5.82. The van der Waals surface area contributed by atoms with Crippen LogP contribution in [0.25, 0.3) is 11.0 Å². The van der Waals surface area contributed by atoms with Crippen molar-refractivity contribution in [1.82, 2.24) is 9.97 Å². The van der Waals surface area contributed by atoms with Crippen molar-refractivity contribution in [2.24, 2.45) is 0 Å². The minimum absolute atomic E-state index is 0.108. The van der Waals surface area contributed by atoms with Crippen LogP contribution in [-0.4, -0.2) is 9.97 Å². The van der Waals surface area contributed by atoms with Gasteiger partial charge in [0.05, 0.1) is 11.0 Å². The van der Waals surface area contributed by atoms with Gasteiger partial charge in [-0.25, -0.2) is 4.98 Å². The molecular formula is C23H19BrN2. The Hall–Kier alpha value is -2.39. The van der Waals surface area contributed by atoms with Crippen LogP contribution in [0.2, 0.25) is 0 Å². The van der Waals surface area contributed by atoms with E-state index in [0.717, 1.165) is 27.8 Å². The number of para-hydroxylation sites is 2. The molecule has 3 aromatic carbocycles. The smallest absolute Gasteiger partial charge is 0.114 e. The summed E-state index contributed by atoms with van der Waals surface area (Å²) in [7, 11) is 0. The minimum Gasteiger partial charge on any atom is -0.341 e. The van der Waals surface area contributed by atoms with Gasteiger partial charge in [-0.2, -0.15) is 0 Å². The Kier molecular flexibility index (Phi) is 3.54. The maximum atomic E-state index is 4.98. The molecule has 0 spiro atoms. The molecule has 0 saturated carbocycles. The summed E-state index contributed by atoms with van der Waals surface area (Å²) < 4.78 is 1.13. The first-order valence-electron chi connectivity index (χ1n) is 8.94. The number of halogens is 1. The van der Waals surface area contributed by atoms with Gasteiger partial charge in [-0.05, 0) is 47.4 Å². The summed E-state index contributed by atoms with van der Waals surface area (Å²) in [5.41, 5.74) is 6.18. The molecule has 0 fully saturated rings. The Morgan fingerprint density at radius 1 is 1.00 bits per heavy atom. The Balaban J connectivity index is 1.74. The number of hydrogen-bond acceptors (Lipinski definition) is 1. The summed E-state index contributed by atoms with van der Waals surface area (Å²) in [4.78, 5) is 8.58. The van der Waals surface area contributed by atoms with Crippen LogP contribution in [0.15, 0.2) is 77.3 Å². The van der Waals surface area contributed by atoms with Gasteiger partial charge in [0.25, 0.3) is 0 Å². The zero-order valence-corrected chi connectivity index (χ0v) is 16.1. The van der Waals surface area contributed by atoms with Gasteiger partial charge in [-0.15, -0.1) is 0 Å². The van der Waals surface area contributed by atoms with Crippen LogP contribution in [0.4, 0.5) is 0 Å². The van der Waals surface area contributed by atoms with Crippen molar-refractivity contribution in [2.75, 3.05) is 0 Å². The number of benzene rings is 3. The van der Waals surface area contributed by atoms with Crippen molar-refractivity contribution in [3.8, 4) is 0 Å². The molecule has 128 valence electrons. The van der Waals surface area contributed by atoms with Gasteiger partial charge >= 0.3 is 0 Å². The molecule has 0 aliphatic heterocycles. The van der Waals surface area contributed by atoms with E-state index >= 15 is 0 Å². The molecule has 0 bridgehead atoms. The highest BCUT2D eigenvalue weighted by Gasteiger charge is 2.46. The molecule has 0 unspecified atom stereocenters. The van der Waals surface area contributed by atoms with E-state index in [1.165, 1.54) is 16.7 Å². The molecule has 2 nitrogen and oxygen atoms in total. The standard InChI is InChI=1S/C23H19BrN2/c1-23(22-25-19-9-5-6-10-20(19)26-22)14-16-11-12-17(24)13-18(16)21(23)15-7-3-2-4-8-15/h2-13,21H,14H2,1H3,(H,25,26)/t21-,23+/m0/s1. The predicted octanol–water partition coefficient (Wildman–Crippen LogP) is 5.97. The molecule has 26 heavy (non-hydrogen) atoms. The first kappa shape index (κ1) is 15.8. The lowest BCUT2D eigenvalue weighted by molar-refractivity contribution is 0.426. The summed E-state index contributed by atoms with van der Waals surface area (Å²) in [6.07, 6.45) is 0.981. The topological polar surface area (TPSA) is 28.7 Å². The molecule has 0 amide bonds. The molecule has 2 atom stereocenters. The second-order valence-corrected chi connectivity index (χ2v) is 8.30. The number of aromatic amines is 1. The highest BCUT2D eigenvalue weighted by Crippen LogP contribution is 2.52. The first-order valence-corrected chi connectivity index (χ1v) is 9.73. The number of H-pyrrole nitrogens is 1. The van der Waals surface area contributed by atoms with Crippen LogP contribution < -0.4 is 0 Å². The van der Waals surface area contributed by atoms with Crippen molar-refractivity contribution in [3.63, 3.8) is 0 Å². The summed E-state index contributed by atoms with van der Waals surface area (Å²) in [5.74, 6) is 1.34. The lowest BCUT2D eigenvalue weighted by Crippen LogP contribution is -2.29. The Morgan fingerprint density at radius 3 is 2.58 bits per heavy atom. The molecule has 3 heteroatoms. The highest BCUT2D eigenvalue weighted by molar-refractivity contribution is 9.10. The molecule has 5 rings (SSSR count). The number of hydrogen-bond donors (Lipinski definition) is 1. The van der Waals surface area contributed by atoms with E-state index in [9.17, 15) is 0 Å². The molecular weight excluding hydrogens is 384 g/mol. The molecule has 0 saturated heterocycles. The highest BCUT2D eigenvalue weighted by atomic mass is 79.9. The molecule has 4 aromatic rings. The van der Waals surface area contributed by atoms with Crippen molar-refractivity contribution in [1.29, 1.82) is 0 Å². The number of imidazole rings is 1. The molecule has 1 aliphatic carbocycles. The van der Waals surface area contributed by atoms with E-state index in [0.29, 0.717) is 0 Å². The number of aromatic nitrogens is 2. The van der Waals surface area contributed by atoms with Crippen molar-refractivity contribution in [3.05, 3.63) is 99.8 Å². The molecule has 1 aliphatic rings. The monoisotopic (exact) mass is 402 g/mol. The van der Waals surface area contributed by atoms with Crippen LogP contribution in [0.1, 0.15) is 35.4 Å². The van der Waals surface area contributed by atoms with E-state index in [2.05, 4.69) is 94.6 Å². The van der Waals surface area contributed by atoms with Gasteiger partial charge in [-0.3, -0.25) is 0 Å². The van der Waals surface area contributed by atoms with Crippen molar-refractivity contribution < 1.29 is 0 Å². The Bertz CT molecular complexity index is 1070. The largest absolute Gasteiger partial charge is 0.341 e. The van der Waals surface area contributed by atoms with Crippen molar-refractivity contribution >= 4 is 27.0 Å². The summed E-state index contributed by atoms with van der Waals surface area (Å²) in [6, 6.07) is 25.8. The van der Waals surface area contributed by atoms with Crippen LogP contribution in [0, 0.1) is 0 Å². The number of rotatable bonds is 2. The third-order valence-corrected chi connectivity index (χ3v) is 6.17. The van der Waals surface area contributed by atoms with Crippen LogP contribution in [0.5, 0.6) is 0 Å². The van der Waals surface area contributed by atoms with E-state index < -0.39 is 0 Å². The summed E-state index contributed by atoms with van der Waals surface area (Å²) in [6.45, 7) is 2.34. The Labute approximate surface area is 161 Å². The fraction of sp³-hybridized carbons (Fsp3) is 0.174. The average molecular weight is 403 g/mol. The predicted molar refractivity (Wildman–Crippen MR) is 110 cm³/mol. The van der Waals surface area contributed by atoms with E-state index in [1.807, 2.05) is 6.07 Å². The van der Waals surface area contributed by atoms with Crippen LogP contribution >= 0.6 is 15.9 Å². The SMILES string of the molecule is C[C@@]1(c2nc3ccccc3[nH]2)Cc2ccc(Br)cc2[C@@H]1c1ccccc1. The van der Waals surface area contributed by atoms with Crippen molar-refractivity contribution in [2.45, 2.75) is 24.7 Å². The van der Waals surface area contributed by atoms with Gasteiger partial charge < -0.3 is 4.98 Å². The lowest BCUT2D eigenvalue weighted by atomic mass is 9.73. The molecule has 1 N–H and O–H groups in total. The first-order chi connectivity index (χ1) is 12.6. The quantitative estimate of drug-likeness (QED) is 0.439. The van der Waals surface area contributed by atoms with Gasteiger partial charge in [0, 0.05) is 15.8 Å². The third-order valence-electron chi connectivity index (χ3n) is 5.68. The van der Waals surface area contributed by atoms with Gasteiger partial charge in [0.1, 0.15) is 5.82 Å². The van der Waals surface area contributed by atoms with E-state index in [4.69, 9.17) is 4.98 Å². The number of nitrogens with one attached hydrogen (secondary N) is 1. The molecule has 1 aromatic heterocycles. The van der Waals surface area contributed by atoms with Crippen LogP contribution in [0.3, 0.4) is 0 Å². The number of fused-ring (bicyclic) bond motifs is 2. The second-order valence-electron chi connectivity index (χ2n) is 7.38. The third kappa shape index (κ3) is 2.34. The van der Waals surface area contributed by atoms with Crippen LogP contribution in [-0.2, 0) is 11.8 Å². The zero-order valence-electron chi connectivity index (χ0n) is 14.5. The summed E-state index contributed by atoms with van der Waals surface area (Å²) in [5, 5.41) is 0. The maximum Gasteiger partial charge on any atom is 0.114 e. The lowest BCUT2D eigenvalue weighted by Gasteiger charge is -2.30. The van der Waals surface area contributed by atoms with Gasteiger partial charge in [-0.1, -0.05) is 71.4 Å². The average Bonchev–Trinajstić information content (AvgIpc) is 3.21. The van der Waals surface area contributed by atoms with Gasteiger partial charge in [0.2, 0.25) is 0 Å². The molecule has 0 radical (unpaired) electrons. The molecule has 1 heterocycles. The van der Waals surface area contributed by atoms with E-state index in [1.54, 1.807) is 0 Å². The fourth-order valence-electron chi connectivity index (χ4n) is 4.47. The normalized spacial score (nSPS) is 21.8.